The SMILES string of the molecule is CO[C@H]1C=CO[C@@]2(C)Oc3c(C)c(O)c4c(O)c(c5c(c4c3C2=O)=NC2(CC[N+](Cc3ccc(NC(=O)[C@H](CCCNC(N)=O)NC(=O)[C@@H](NC(=O)CCCCCN4C(=O)C=CC4=O)C(C)C)cc3)(CC(C)C)CC2)N=5)NC(=O)C(C)=CC=C[C@H](C)[C@H](O)[C@@H](C)[C@@H](O)[C@@H](C)[C@H](OC(C)=O)[C@@H]1C. The number of unbranched alkanes of at least 4 members (excludes halogenated alkanes) is 2. The standard InChI is InChI=1S/C74H100N10O17/c1-39(2)37-84(38-48-23-25-49(26-24-48)77-70(95)50(21-18-32-76-72(75)97)78-71(96)58(40(3)4)79-52(86)22-15-14-16-33-83-53(87)27-28-54(83)88)34-30-74(31-35-84)81-59-55-56-64(91)46(10)67-57(55)68(93)73(12,101-67)99-36-29-51(98-13)43(7)66(100-47(11)85)45(9)63(90)44(8)62(89)41(5)19-17-20-42(6)69(94)80-61(65(56)92)60(59)82-74/h17,19-20,23-29,36,39-41,43-45,50-51,58,62-63,66,89-90H,14-16,18,21-22,30-35,37-38H2,1-13H3,(H8-,75,76,77,78,79,80,81,82,86,87,88,91,92,93,94,95,96,97)/p+1/t41-,43+,44+,45+,50-,51-,58-,62-,63+,66+,73-,74?,84?/m0/s1. The number of ketones is 1. The number of urea groups is 1. The highest BCUT2D eigenvalue weighted by Gasteiger charge is 2.51. The van der Waals surface area contributed by atoms with Crippen LogP contribution in [-0.2, 0) is 54.3 Å². The number of nitrogens with zero attached hydrogens (tertiary/aromatic N) is 4. The number of nitrogens with one attached hydrogen (secondary N) is 5. The van der Waals surface area contributed by atoms with Gasteiger partial charge >= 0.3 is 17.8 Å². The Morgan fingerprint density at radius 2 is 1.50 bits per heavy atom. The molecule has 1 spiro atoms. The minimum absolute atomic E-state index is 0.0314. The second-order valence-corrected chi connectivity index (χ2v) is 28.7. The van der Waals surface area contributed by atoms with Crippen LogP contribution in [0.4, 0.5) is 16.2 Å². The number of hydrogen-bond donors (Lipinski definition) is 10. The van der Waals surface area contributed by atoms with Gasteiger partial charge < -0.3 is 76.2 Å². The number of anilines is 2. The number of aliphatic hydroxyl groups is 2. The molecule has 11 N–H and O–H groups in total. The highest BCUT2D eigenvalue weighted by atomic mass is 16.7. The maximum atomic E-state index is 15.2. The van der Waals surface area contributed by atoms with E-state index in [1.54, 1.807) is 72.8 Å². The fourth-order valence-electron chi connectivity index (χ4n) is 14.4. The molecular weight excluding hydrogens is 1300 g/mol. The summed E-state index contributed by atoms with van der Waals surface area (Å²) in [6.45, 7) is 23.2. The molecule has 8 amide bonds. The number of hydrogen-bond acceptors (Lipinski definition) is 19. The lowest BCUT2D eigenvalue weighted by Gasteiger charge is -2.46. The number of carbonyl (C=O) groups is 9. The summed E-state index contributed by atoms with van der Waals surface area (Å²) in [7, 11) is 1.44. The van der Waals surface area contributed by atoms with E-state index in [9.17, 15) is 58.8 Å². The molecule has 8 rings (SSSR count). The first-order chi connectivity index (χ1) is 47.6. The molecule has 3 aromatic rings. The van der Waals surface area contributed by atoms with Gasteiger partial charge in [-0.2, -0.15) is 0 Å². The van der Waals surface area contributed by atoms with E-state index in [4.69, 9.17) is 34.7 Å². The number of fused-ring (bicyclic) bond motifs is 1. The number of amides is 8. The lowest BCUT2D eigenvalue weighted by molar-refractivity contribution is -0.948. The van der Waals surface area contributed by atoms with Gasteiger partial charge in [0.05, 0.1) is 60.5 Å². The van der Waals surface area contributed by atoms with Crippen LogP contribution in [0.3, 0.4) is 0 Å². The highest BCUT2D eigenvalue weighted by molar-refractivity contribution is 6.20. The molecule has 1 fully saturated rings. The number of primary amides is 1. The normalized spacial score (nSPS) is 26.6. The Kier molecular flexibility index (Phi) is 25.2. The van der Waals surface area contributed by atoms with Gasteiger partial charge in [-0.15, -0.1) is 0 Å². The van der Waals surface area contributed by atoms with Gasteiger partial charge in [-0.3, -0.25) is 53.2 Å². The Balaban J connectivity index is 1.06. The number of phenols is 2. The number of Topliss-reactive ketones (excluding diaryl/α,β-unsaturated/α-hetero) is 1. The average molecular weight is 1400 g/mol. The fraction of sp³-hybridized carbons (Fsp3) is 0.554. The second-order valence-electron chi connectivity index (χ2n) is 28.7. The van der Waals surface area contributed by atoms with Crippen LogP contribution in [0.2, 0.25) is 0 Å². The largest absolute Gasteiger partial charge is 0.507 e. The summed E-state index contributed by atoms with van der Waals surface area (Å²) in [5.74, 6) is -10.1. The Morgan fingerprint density at radius 1 is 0.832 bits per heavy atom. The summed E-state index contributed by atoms with van der Waals surface area (Å²) in [6.07, 6.45) is 8.69. The van der Waals surface area contributed by atoms with Gasteiger partial charge in [0.25, 0.3) is 23.5 Å². The zero-order valence-corrected chi connectivity index (χ0v) is 60.1. The summed E-state index contributed by atoms with van der Waals surface area (Å²) >= 11 is 0. The van der Waals surface area contributed by atoms with Gasteiger partial charge in [0, 0.05) is 123 Å². The first kappa shape index (κ1) is 77.7. The molecule has 0 radical (unpaired) electrons. The van der Waals surface area contributed by atoms with Crippen molar-refractivity contribution in [1.29, 1.82) is 0 Å². The van der Waals surface area contributed by atoms with Crippen LogP contribution < -0.4 is 47.8 Å². The number of methoxy groups -OCH3 is 1. The Morgan fingerprint density at radius 3 is 2.12 bits per heavy atom. The Labute approximate surface area is 588 Å². The van der Waals surface area contributed by atoms with Crippen molar-refractivity contribution in [3.05, 3.63) is 100.0 Å². The molecule has 548 valence electrons. The molecule has 0 aliphatic carbocycles. The smallest absolute Gasteiger partial charge is 0.312 e. The van der Waals surface area contributed by atoms with Crippen molar-refractivity contribution in [2.75, 3.05) is 50.5 Å². The number of nitrogens with two attached hydrogens (primary N) is 1. The molecule has 27 heteroatoms. The van der Waals surface area contributed by atoms with Crippen molar-refractivity contribution in [2.24, 2.45) is 51.2 Å². The van der Waals surface area contributed by atoms with Crippen molar-refractivity contribution < 1.29 is 87.0 Å². The zero-order chi connectivity index (χ0) is 74.2. The predicted molar refractivity (Wildman–Crippen MR) is 375 cm³/mol. The first-order valence-electron chi connectivity index (χ1n) is 34.9. The number of phenolic OH excluding ortho intramolecular Hbond substituents is 2. The third kappa shape index (κ3) is 17.8. The second kappa shape index (κ2) is 32.7. The molecule has 3 aromatic carbocycles. The van der Waals surface area contributed by atoms with Gasteiger partial charge in [-0.1, -0.05) is 92.2 Å². The maximum absolute atomic E-state index is 15.2. The van der Waals surface area contributed by atoms with Gasteiger partial charge in [0.1, 0.15) is 47.3 Å². The molecule has 5 aliphatic heterocycles. The average Bonchev–Trinajstić information content (AvgIpc) is 1.56. The number of carbonyl (C=O) groups excluding carboxylic acids is 9. The van der Waals surface area contributed by atoms with E-state index in [-0.39, 0.29) is 112 Å². The minimum atomic E-state index is -2.07. The van der Waals surface area contributed by atoms with Crippen molar-refractivity contribution in [1.82, 2.24) is 20.9 Å². The number of piperidine rings is 1. The Bertz CT molecular complexity index is 3910. The van der Waals surface area contributed by atoms with Crippen molar-refractivity contribution in [3.63, 3.8) is 0 Å². The molecule has 11 atom stereocenters. The molecule has 5 heterocycles. The van der Waals surface area contributed by atoms with Crippen LogP contribution in [0.1, 0.15) is 149 Å². The van der Waals surface area contributed by atoms with E-state index in [2.05, 4.69) is 40.4 Å². The van der Waals surface area contributed by atoms with Gasteiger partial charge in [-0.25, -0.2) is 4.79 Å². The van der Waals surface area contributed by atoms with Gasteiger partial charge in [0.15, 0.2) is 11.4 Å². The van der Waals surface area contributed by atoms with E-state index in [0.717, 1.165) is 17.0 Å². The molecule has 5 aliphatic rings. The topological polar surface area (TPSA) is 386 Å². The van der Waals surface area contributed by atoms with Crippen LogP contribution in [0.25, 0.3) is 10.8 Å². The van der Waals surface area contributed by atoms with Crippen LogP contribution >= 0.6 is 0 Å². The van der Waals surface area contributed by atoms with Gasteiger partial charge in [-0.05, 0) is 63.7 Å². The summed E-state index contributed by atoms with van der Waals surface area (Å²) in [5, 5.41) is 62.1. The molecular formula is C74H101N10O17+. The Hall–Kier alpha value is -9.05. The van der Waals surface area contributed by atoms with Crippen molar-refractivity contribution in [3.8, 4) is 17.2 Å². The number of esters is 1. The van der Waals surface area contributed by atoms with Crippen LogP contribution in [0.15, 0.2) is 82.5 Å². The summed E-state index contributed by atoms with van der Waals surface area (Å²) < 4.78 is 24.9. The van der Waals surface area contributed by atoms with Gasteiger partial charge in [0.2, 0.25) is 17.7 Å². The van der Waals surface area contributed by atoms with Crippen LogP contribution in [-0.4, -0.2) is 171 Å². The van der Waals surface area contributed by atoms with Crippen molar-refractivity contribution in [2.45, 2.75) is 189 Å². The summed E-state index contributed by atoms with van der Waals surface area (Å²) in [6, 6.07) is 4.55. The monoisotopic (exact) mass is 1400 g/mol. The van der Waals surface area contributed by atoms with Crippen molar-refractivity contribution >= 4 is 75.4 Å². The third-order valence-corrected chi connectivity index (χ3v) is 20.1. The lowest BCUT2D eigenvalue weighted by atomic mass is 9.78. The third-order valence-electron chi connectivity index (χ3n) is 20.1. The molecule has 0 unspecified atom stereocenters. The number of benzene rings is 3. The highest BCUT2D eigenvalue weighted by Crippen LogP contribution is 2.50. The van der Waals surface area contributed by atoms with Crippen LogP contribution in [0.5, 0.6) is 17.2 Å². The molecule has 1 saturated heterocycles. The number of allylic oxidation sites excluding steroid dienone is 2. The summed E-state index contributed by atoms with van der Waals surface area (Å²) in [5.41, 5.74) is 5.58. The maximum Gasteiger partial charge on any atom is 0.312 e. The quantitative estimate of drug-likeness (QED) is 0.0182. The van der Waals surface area contributed by atoms with E-state index in [0.29, 0.717) is 61.9 Å². The number of ether oxygens (including phenoxy) is 4. The number of aliphatic hydroxyl groups excluding tert-OH is 2. The molecule has 0 aromatic heterocycles. The number of likely N-dealkylation sites (tertiary alicyclic amines) is 1. The van der Waals surface area contributed by atoms with E-state index in [1.807, 2.05) is 12.1 Å². The minimum Gasteiger partial charge on any atom is -0.507 e. The number of aromatic hydroxyl groups is 2. The fourth-order valence-corrected chi connectivity index (χ4v) is 14.4. The number of quaternary nitrogens is 1. The predicted octanol–water partition coefficient (Wildman–Crippen LogP) is 5.96. The van der Waals surface area contributed by atoms with Crippen LogP contribution in [0, 0.1) is 42.4 Å². The summed E-state index contributed by atoms with van der Waals surface area (Å²) in [4.78, 5) is 131. The molecule has 0 saturated carbocycles. The lowest BCUT2D eigenvalue weighted by Crippen LogP contribution is -2.57. The molecule has 27 nitrogen and oxygen atoms in total. The number of rotatable bonds is 22. The van der Waals surface area contributed by atoms with E-state index < -0.39 is 119 Å². The molecule has 4 bridgehead atoms. The molecule has 101 heavy (non-hydrogen) atoms. The first-order valence-corrected chi connectivity index (χ1v) is 34.9. The zero-order valence-electron chi connectivity index (χ0n) is 60.1. The number of imide groups is 1. The van der Waals surface area contributed by atoms with E-state index >= 15 is 4.79 Å². The van der Waals surface area contributed by atoms with E-state index in [1.165, 1.54) is 58.4 Å².